The van der Waals surface area contributed by atoms with Gasteiger partial charge in [-0.1, -0.05) is 13.8 Å². The van der Waals surface area contributed by atoms with E-state index in [1.807, 2.05) is 0 Å². The third-order valence-electron chi connectivity index (χ3n) is 3.60. The van der Waals surface area contributed by atoms with Gasteiger partial charge in [0.25, 0.3) is 0 Å². The maximum Gasteiger partial charge on any atom is 0.407 e. The Morgan fingerprint density at radius 3 is 1.32 bits per heavy atom. The Hall–Kier alpha value is -0.970. The van der Waals surface area contributed by atoms with Crippen LogP contribution in [0, 0.1) is 5.92 Å². The summed E-state index contributed by atoms with van der Waals surface area (Å²) in [5, 5.41) is 8.66. The van der Waals surface area contributed by atoms with Crippen LogP contribution in [0.1, 0.15) is 20.3 Å². The van der Waals surface area contributed by atoms with Crippen molar-refractivity contribution in [3.05, 3.63) is 0 Å². The average molecular weight is 410 g/mol. The fourth-order valence-electron chi connectivity index (χ4n) is 1.82. The Kier molecular flexibility index (Phi) is 20.0. The smallest absolute Gasteiger partial charge is 0.407 e. The molecule has 0 aliphatic heterocycles. The molecule has 0 aliphatic carbocycles. The largest absolute Gasteiger partial charge is 0.465 e. The predicted molar refractivity (Wildman–Crippen MR) is 105 cm³/mol. The highest BCUT2D eigenvalue weighted by molar-refractivity contribution is 5.64. The zero-order valence-corrected chi connectivity index (χ0v) is 17.7. The number of nitrogens with zero attached hydrogens (tertiary/aromatic N) is 1. The fourth-order valence-corrected chi connectivity index (χ4v) is 1.82. The van der Waals surface area contributed by atoms with Crippen molar-refractivity contribution < 1.29 is 38.3 Å². The number of amides is 1. The summed E-state index contributed by atoms with van der Waals surface area (Å²) in [6, 6.07) is 0. The fraction of sp³-hybridized carbons (Fsp3) is 0.947. The van der Waals surface area contributed by atoms with Gasteiger partial charge in [-0.3, -0.25) is 0 Å². The molecule has 0 aromatic heterocycles. The van der Waals surface area contributed by atoms with E-state index in [2.05, 4.69) is 13.8 Å². The molecule has 0 aliphatic rings. The van der Waals surface area contributed by atoms with E-state index in [4.69, 9.17) is 33.5 Å². The maximum atomic E-state index is 10.6. The molecule has 0 bridgehead atoms. The van der Waals surface area contributed by atoms with Crippen LogP contribution >= 0.6 is 0 Å². The molecule has 0 aromatic rings. The van der Waals surface area contributed by atoms with Crippen LogP contribution in [0.5, 0.6) is 0 Å². The second-order valence-corrected chi connectivity index (χ2v) is 6.56. The van der Waals surface area contributed by atoms with E-state index in [9.17, 15) is 4.79 Å². The summed E-state index contributed by atoms with van der Waals surface area (Å²) < 4.78 is 32.3. The molecule has 168 valence electrons. The molecular weight excluding hydrogens is 370 g/mol. The number of hydrogen-bond donors (Lipinski definition) is 1. The third-order valence-corrected chi connectivity index (χ3v) is 3.60. The van der Waals surface area contributed by atoms with E-state index in [1.54, 1.807) is 0 Å². The molecule has 0 fully saturated rings. The van der Waals surface area contributed by atoms with Gasteiger partial charge in [-0.2, -0.15) is 0 Å². The minimum atomic E-state index is -0.962. The summed E-state index contributed by atoms with van der Waals surface area (Å²) in [5.74, 6) is 0.668. The lowest BCUT2D eigenvalue weighted by atomic mass is 10.1. The molecule has 28 heavy (non-hydrogen) atoms. The molecule has 0 saturated carbocycles. The van der Waals surface area contributed by atoms with Crippen LogP contribution < -0.4 is 0 Å². The first-order valence-corrected chi connectivity index (χ1v) is 9.94. The normalized spacial score (nSPS) is 11.3. The number of likely N-dealkylation sites (N-methyl/N-ethyl adjacent to an activating group) is 1. The maximum absolute atomic E-state index is 10.6. The third kappa shape index (κ3) is 21.3. The van der Waals surface area contributed by atoms with Crippen LogP contribution in [0.25, 0.3) is 0 Å². The van der Waals surface area contributed by atoms with Crippen molar-refractivity contribution in [1.29, 1.82) is 0 Å². The van der Waals surface area contributed by atoms with Crippen molar-refractivity contribution in [2.75, 3.05) is 92.9 Å². The van der Waals surface area contributed by atoms with Crippen LogP contribution in [-0.2, 0) is 28.4 Å². The topological polar surface area (TPSA) is 95.9 Å². The molecule has 0 rings (SSSR count). The summed E-state index contributed by atoms with van der Waals surface area (Å²) in [5.41, 5.74) is 0. The molecule has 0 radical (unpaired) electrons. The summed E-state index contributed by atoms with van der Waals surface area (Å²) in [4.78, 5) is 11.7. The summed E-state index contributed by atoms with van der Waals surface area (Å²) >= 11 is 0. The van der Waals surface area contributed by atoms with E-state index >= 15 is 0 Å². The van der Waals surface area contributed by atoms with Gasteiger partial charge in [-0.25, -0.2) is 4.79 Å². The zero-order chi connectivity index (χ0) is 20.9. The molecule has 0 atom stereocenters. The van der Waals surface area contributed by atoms with E-state index in [-0.39, 0.29) is 0 Å². The van der Waals surface area contributed by atoms with E-state index < -0.39 is 6.09 Å². The highest BCUT2D eigenvalue weighted by atomic mass is 16.6. The van der Waals surface area contributed by atoms with Gasteiger partial charge in [0.15, 0.2) is 0 Å². The van der Waals surface area contributed by atoms with Crippen LogP contribution in [0.3, 0.4) is 0 Å². The Balaban J connectivity index is 3.06. The molecule has 0 spiro atoms. The number of hydrogen-bond acceptors (Lipinski definition) is 7. The zero-order valence-electron chi connectivity index (χ0n) is 17.7. The molecule has 0 aromatic carbocycles. The minimum Gasteiger partial charge on any atom is -0.465 e. The molecule has 0 saturated heterocycles. The molecule has 0 unspecified atom stereocenters. The van der Waals surface area contributed by atoms with Crippen molar-refractivity contribution in [3.8, 4) is 0 Å². The van der Waals surface area contributed by atoms with Crippen molar-refractivity contribution in [3.63, 3.8) is 0 Å². The van der Waals surface area contributed by atoms with Crippen molar-refractivity contribution in [2.24, 2.45) is 5.92 Å². The standard InChI is InChI=1S/C19H39NO8/c1-18(2)4-6-23-8-10-25-12-14-27-16-17-28-15-13-26-11-9-24-7-5-20(3)19(21)22/h18H,4-17H2,1-3H3,(H,21,22). The average Bonchev–Trinajstić information content (AvgIpc) is 2.65. The Bertz CT molecular complexity index is 344. The minimum absolute atomic E-state index is 0.343. The lowest BCUT2D eigenvalue weighted by Gasteiger charge is -2.12. The van der Waals surface area contributed by atoms with Gasteiger partial charge in [0.1, 0.15) is 0 Å². The number of carbonyl (C=O) groups is 1. The van der Waals surface area contributed by atoms with Crippen LogP contribution in [0.2, 0.25) is 0 Å². The summed E-state index contributed by atoms with van der Waals surface area (Å²) in [6.45, 7) is 11.1. The summed E-state index contributed by atoms with van der Waals surface area (Å²) in [6.07, 6.45) is 0.115. The van der Waals surface area contributed by atoms with Gasteiger partial charge < -0.3 is 38.4 Å². The van der Waals surface area contributed by atoms with Crippen LogP contribution in [-0.4, -0.2) is 109 Å². The van der Waals surface area contributed by atoms with Gasteiger partial charge in [-0.05, 0) is 12.3 Å². The monoisotopic (exact) mass is 409 g/mol. The quantitative estimate of drug-likeness (QED) is 0.287. The van der Waals surface area contributed by atoms with E-state index in [0.717, 1.165) is 13.0 Å². The SMILES string of the molecule is CC(C)CCOCCOCCOCCOCCOCCOCCN(C)C(=O)O. The summed E-state index contributed by atoms with van der Waals surface area (Å²) in [7, 11) is 1.50. The highest BCUT2D eigenvalue weighted by Crippen LogP contribution is 1.98. The lowest BCUT2D eigenvalue weighted by molar-refractivity contribution is -0.0175. The van der Waals surface area contributed by atoms with Gasteiger partial charge in [-0.15, -0.1) is 0 Å². The Morgan fingerprint density at radius 2 is 1.00 bits per heavy atom. The molecular formula is C19H39NO8. The first-order chi connectivity index (χ1) is 13.5. The molecule has 1 amide bonds. The van der Waals surface area contributed by atoms with Gasteiger partial charge >= 0.3 is 6.09 Å². The first-order valence-electron chi connectivity index (χ1n) is 9.94. The van der Waals surface area contributed by atoms with Crippen LogP contribution in [0.15, 0.2) is 0 Å². The van der Waals surface area contributed by atoms with E-state index in [1.165, 1.54) is 11.9 Å². The van der Waals surface area contributed by atoms with Crippen molar-refractivity contribution >= 4 is 6.09 Å². The lowest BCUT2D eigenvalue weighted by Crippen LogP contribution is -2.28. The number of ether oxygens (including phenoxy) is 6. The van der Waals surface area contributed by atoms with Crippen molar-refractivity contribution in [1.82, 2.24) is 4.90 Å². The van der Waals surface area contributed by atoms with Gasteiger partial charge in [0.2, 0.25) is 0 Å². The Labute approximate surface area is 169 Å². The second kappa shape index (κ2) is 20.8. The number of rotatable bonds is 21. The van der Waals surface area contributed by atoms with Crippen molar-refractivity contribution in [2.45, 2.75) is 20.3 Å². The molecule has 9 heteroatoms. The molecule has 1 N–H and O–H groups in total. The first kappa shape index (κ1) is 27.0. The van der Waals surface area contributed by atoms with Crippen LogP contribution in [0.4, 0.5) is 4.79 Å². The Morgan fingerprint density at radius 1 is 0.679 bits per heavy atom. The van der Waals surface area contributed by atoms with Gasteiger partial charge in [0.05, 0.1) is 72.7 Å². The number of carboxylic acid groups (broad SMARTS) is 1. The second-order valence-electron chi connectivity index (χ2n) is 6.56. The van der Waals surface area contributed by atoms with E-state index in [0.29, 0.717) is 85.1 Å². The van der Waals surface area contributed by atoms with Gasteiger partial charge in [0, 0.05) is 20.2 Å². The highest BCUT2D eigenvalue weighted by Gasteiger charge is 2.03. The molecule has 0 heterocycles. The predicted octanol–water partition coefficient (Wildman–Crippen LogP) is 1.74. The molecule has 9 nitrogen and oxygen atoms in total.